The summed E-state index contributed by atoms with van der Waals surface area (Å²) in [7, 11) is 1.72. The summed E-state index contributed by atoms with van der Waals surface area (Å²) >= 11 is 0. The van der Waals surface area contributed by atoms with Gasteiger partial charge in [-0.05, 0) is 44.8 Å². The molecule has 0 aromatic heterocycles. The van der Waals surface area contributed by atoms with E-state index in [4.69, 9.17) is 24.5 Å². The minimum Gasteiger partial charge on any atom is -0.496 e. The minimum absolute atomic E-state index is 0.199. The van der Waals surface area contributed by atoms with Gasteiger partial charge in [-0.15, -0.1) is 0 Å². The maximum Gasteiger partial charge on any atom is 0.414 e. The zero-order chi connectivity index (χ0) is 21.2. The molecular weight excluding hydrogens is 376 g/mol. The van der Waals surface area contributed by atoms with Gasteiger partial charge in [-0.2, -0.15) is 0 Å². The lowest BCUT2D eigenvalue weighted by Gasteiger charge is -2.32. The second kappa shape index (κ2) is 11.4. The number of para-hydroxylation sites is 1. The Labute approximate surface area is 170 Å². The van der Waals surface area contributed by atoms with Crippen molar-refractivity contribution in [3.8, 4) is 5.75 Å². The predicted molar refractivity (Wildman–Crippen MR) is 107 cm³/mol. The first-order chi connectivity index (χ1) is 13.9. The second-order valence-corrected chi connectivity index (χ2v) is 7.46. The Morgan fingerprint density at radius 1 is 1.03 bits per heavy atom. The van der Waals surface area contributed by atoms with E-state index < -0.39 is 11.9 Å². The highest BCUT2D eigenvalue weighted by Gasteiger charge is 2.27. The zero-order valence-corrected chi connectivity index (χ0v) is 16.8. The van der Waals surface area contributed by atoms with E-state index in [0.29, 0.717) is 6.04 Å². The van der Waals surface area contributed by atoms with Crippen LogP contribution in [0, 0.1) is 5.92 Å². The monoisotopic (exact) mass is 406 g/mol. The molecule has 1 aliphatic heterocycles. The van der Waals surface area contributed by atoms with Gasteiger partial charge in [0.15, 0.2) is 0 Å². The summed E-state index contributed by atoms with van der Waals surface area (Å²) in [5.74, 6) is -2.21. The first kappa shape index (κ1) is 22.7. The molecule has 3 rings (SSSR count). The second-order valence-electron chi connectivity index (χ2n) is 7.46. The van der Waals surface area contributed by atoms with E-state index in [-0.39, 0.29) is 11.8 Å². The third kappa shape index (κ3) is 7.38. The molecule has 0 radical (unpaired) electrons. The van der Waals surface area contributed by atoms with Crippen LogP contribution in [0.4, 0.5) is 0 Å². The molecule has 29 heavy (non-hydrogen) atoms. The molecule has 0 spiro atoms. The van der Waals surface area contributed by atoms with E-state index in [9.17, 15) is 4.79 Å². The first-order valence-electron chi connectivity index (χ1n) is 10.0. The van der Waals surface area contributed by atoms with Crippen molar-refractivity contribution in [2.75, 3.05) is 20.2 Å². The van der Waals surface area contributed by atoms with Gasteiger partial charge in [-0.3, -0.25) is 9.69 Å². The van der Waals surface area contributed by atoms with Gasteiger partial charge in [0.05, 0.1) is 7.11 Å². The Balaban J connectivity index is 0.000000438. The van der Waals surface area contributed by atoms with Crippen LogP contribution in [0.2, 0.25) is 0 Å². The van der Waals surface area contributed by atoms with E-state index in [1.165, 1.54) is 31.2 Å². The lowest BCUT2D eigenvalue weighted by atomic mass is 9.95. The number of nitrogens with zero attached hydrogens (tertiary/aromatic N) is 1. The van der Waals surface area contributed by atoms with Gasteiger partial charge in [0, 0.05) is 24.1 Å². The number of nitrogens with one attached hydrogen (secondary N) is 1. The first-order valence-corrected chi connectivity index (χ1v) is 10.0. The fourth-order valence-electron chi connectivity index (χ4n) is 3.82. The molecule has 160 valence electrons. The quantitative estimate of drug-likeness (QED) is 0.641. The topological polar surface area (TPSA) is 116 Å². The Morgan fingerprint density at radius 3 is 2.17 bits per heavy atom. The van der Waals surface area contributed by atoms with E-state index in [2.05, 4.69) is 22.3 Å². The highest BCUT2D eigenvalue weighted by molar-refractivity contribution is 6.27. The number of hydrogen-bond acceptors (Lipinski definition) is 5. The Morgan fingerprint density at radius 2 is 1.62 bits per heavy atom. The summed E-state index contributed by atoms with van der Waals surface area (Å²) in [5, 5.41) is 18.0. The normalized spacial score (nSPS) is 17.8. The number of aliphatic carboxylic acids is 2. The van der Waals surface area contributed by atoms with Crippen LogP contribution in [0.1, 0.15) is 44.1 Å². The van der Waals surface area contributed by atoms with Crippen molar-refractivity contribution >= 4 is 17.8 Å². The number of likely N-dealkylation sites (tertiary alicyclic amines) is 1. The van der Waals surface area contributed by atoms with Crippen LogP contribution in [0.3, 0.4) is 0 Å². The zero-order valence-electron chi connectivity index (χ0n) is 16.8. The van der Waals surface area contributed by atoms with Crippen molar-refractivity contribution in [2.24, 2.45) is 5.92 Å². The van der Waals surface area contributed by atoms with Crippen LogP contribution in [0.5, 0.6) is 5.75 Å². The number of hydrogen-bond donors (Lipinski definition) is 3. The molecule has 1 saturated carbocycles. The van der Waals surface area contributed by atoms with Crippen molar-refractivity contribution in [2.45, 2.75) is 51.1 Å². The SMILES string of the molecule is COc1ccccc1CN1CCC(C(=O)NC2CCCC2)CC1.O=C(O)C(=O)O. The maximum atomic E-state index is 12.4. The Hall–Kier alpha value is -2.61. The van der Waals surface area contributed by atoms with E-state index in [0.717, 1.165) is 38.2 Å². The Kier molecular flexibility index (Phi) is 8.92. The van der Waals surface area contributed by atoms with Crippen LogP contribution < -0.4 is 10.1 Å². The van der Waals surface area contributed by atoms with Gasteiger partial charge in [0.1, 0.15) is 5.75 Å². The van der Waals surface area contributed by atoms with Crippen molar-refractivity contribution in [1.29, 1.82) is 0 Å². The summed E-state index contributed by atoms with van der Waals surface area (Å²) in [6, 6.07) is 8.63. The minimum atomic E-state index is -1.82. The number of benzene rings is 1. The van der Waals surface area contributed by atoms with Crippen molar-refractivity contribution < 1.29 is 29.3 Å². The van der Waals surface area contributed by atoms with Gasteiger partial charge in [-0.25, -0.2) is 9.59 Å². The van der Waals surface area contributed by atoms with Gasteiger partial charge < -0.3 is 20.3 Å². The molecule has 1 saturated heterocycles. The molecule has 2 aliphatic rings. The number of amides is 1. The van der Waals surface area contributed by atoms with Gasteiger partial charge in [-0.1, -0.05) is 31.0 Å². The van der Waals surface area contributed by atoms with Crippen molar-refractivity contribution in [1.82, 2.24) is 10.2 Å². The number of ether oxygens (including phenoxy) is 1. The summed E-state index contributed by atoms with van der Waals surface area (Å²) in [4.78, 5) is 33.0. The molecule has 0 bridgehead atoms. The maximum absolute atomic E-state index is 12.4. The fourth-order valence-corrected chi connectivity index (χ4v) is 3.82. The predicted octanol–water partition coefficient (Wildman–Crippen LogP) is 2.12. The standard InChI is InChI=1S/C19H28N2O2.C2H2O4/c1-23-18-9-5-2-6-16(18)14-21-12-10-15(11-13-21)19(22)20-17-7-3-4-8-17;3-1(4)2(5)6/h2,5-6,9,15,17H,3-4,7-8,10-14H2,1H3,(H,20,22);(H,3,4)(H,5,6). The summed E-state index contributed by atoms with van der Waals surface area (Å²) in [5.41, 5.74) is 1.23. The third-order valence-corrected chi connectivity index (χ3v) is 5.43. The van der Waals surface area contributed by atoms with Crippen LogP contribution in [0.15, 0.2) is 24.3 Å². The number of methoxy groups -OCH3 is 1. The average molecular weight is 406 g/mol. The van der Waals surface area contributed by atoms with Gasteiger partial charge in [0.25, 0.3) is 0 Å². The number of piperidine rings is 1. The lowest BCUT2D eigenvalue weighted by Crippen LogP contribution is -2.43. The van der Waals surface area contributed by atoms with E-state index >= 15 is 0 Å². The highest BCUT2D eigenvalue weighted by Crippen LogP contribution is 2.24. The number of carbonyl (C=O) groups excluding carboxylic acids is 1. The summed E-state index contributed by atoms with van der Waals surface area (Å²) < 4.78 is 5.43. The van der Waals surface area contributed by atoms with Crippen LogP contribution >= 0.6 is 0 Å². The number of carboxylic acids is 2. The highest BCUT2D eigenvalue weighted by atomic mass is 16.5. The molecule has 1 heterocycles. The van der Waals surface area contributed by atoms with Crippen LogP contribution in [-0.4, -0.2) is 59.2 Å². The molecule has 8 nitrogen and oxygen atoms in total. The van der Waals surface area contributed by atoms with E-state index in [1.807, 2.05) is 12.1 Å². The molecule has 1 aromatic rings. The number of carbonyl (C=O) groups is 3. The molecular formula is C21H30N2O6. The summed E-state index contributed by atoms with van der Waals surface area (Å²) in [6.45, 7) is 2.88. The average Bonchev–Trinajstić information content (AvgIpc) is 3.22. The van der Waals surface area contributed by atoms with Gasteiger partial charge >= 0.3 is 11.9 Å². The van der Waals surface area contributed by atoms with Gasteiger partial charge in [0.2, 0.25) is 5.91 Å². The number of rotatable bonds is 5. The third-order valence-electron chi connectivity index (χ3n) is 5.43. The lowest BCUT2D eigenvalue weighted by molar-refractivity contribution is -0.159. The fraction of sp³-hybridized carbons (Fsp3) is 0.571. The number of carboxylic acid groups (broad SMARTS) is 2. The summed E-state index contributed by atoms with van der Waals surface area (Å²) in [6.07, 6.45) is 6.79. The molecule has 1 amide bonds. The molecule has 2 fully saturated rings. The largest absolute Gasteiger partial charge is 0.496 e. The molecule has 1 aromatic carbocycles. The molecule has 3 N–H and O–H groups in total. The van der Waals surface area contributed by atoms with Crippen LogP contribution in [0.25, 0.3) is 0 Å². The van der Waals surface area contributed by atoms with Crippen molar-refractivity contribution in [3.63, 3.8) is 0 Å². The molecule has 1 aliphatic carbocycles. The van der Waals surface area contributed by atoms with Crippen LogP contribution in [-0.2, 0) is 20.9 Å². The van der Waals surface area contributed by atoms with Crippen molar-refractivity contribution in [3.05, 3.63) is 29.8 Å². The smallest absolute Gasteiger partial charge is 0.414 e. The molecule has 0 unspecified atom stereocenters. The molecule has 0 atom stereocenters. The molecule has 8 heteroatoms. The Bertz CT molecular complexity index is 682. The van der Waals surface area contributed by atoms with E-state index in [1.54, 1.807) is 7.11 Å².